The predicted molar refractivity (Wildman–Crippen MR) is 74.1 cm³/mol. The highest BCUT2D eigenvalue weighted by molar-refractivity contribution is 7.98. The lowest BCUT2D eigenvalue weighted by atomic mass is 10.1. The lowest BCUT2D eigenvalue weighted by Gasteiger charge is -2.11. The first-order chi connectivity index (χ1) is 8.24. The monoisotopic (exact) mass is 252 g/mol. The van der Waals surface area contributed by atoms with E-state index in [1.807, 2.05) is 24.5 Å². The molecule has 0 bridgehead atoms. The molecule has 1 amide bonds. The third kappa shape index (κ3) is 5.75. The highest BCUT2D eigenvalue weighted by Crippen LogP contribution is 2.00. The molecule has 0 spiro atoms. The minimum absolute atomic E-state index is 0.0463. The number of hydrogen-bond donors (Lipinski definition) is 2. The number of nitrogens with one attached hydrogen (secondary N) is 1. The van der Waals surface area contributed by atoms with E-state index in [0.717, 1.165) is 18.6 Å². The third-order valence-corrected chi connectivity index (χ3v) is 3.17. The number of nitrogens with two attached hydrogens (primary N) is 1. The van der Waals surface area contributed by atoms with Crippen molar-refractivity contribution >= 4 is 17.7 Å². The van der Waals surface area contributed by atoms with E-state index in [1.165, 1.54) is 5.56 Å². The molecule has 0 aromatic heterocycles. The molecule has 4 heteroatoms. The van der Waals surface area contributed by atoms with Crippen molar-refractivity contribution in [2.24, 2.45) is 5.73 Å². The molecule has 0 aliphatic rings. The van der Waals surface area contributed by atoms with Gasteiger partial charge in [0.25, 0.3) is 0 Å². The summed E-state index contributed by atoms with van der Waals surface area (Å²) in [6.07, 6.45) is 3.60. The molecule has 3 N–H and O–H groups in total. The molecule has 0 aliphatic carbocycles. The molecule has 0 saturated carbocycles. The van der Waals surface area contributed by atoms with Crippen LogP contribution in [0.5, 0.6) is 0 Å². The van der Waals surface area contributed by atoms with Crippen molar-refractivity contribution in [3.05, 3.63) is 35.9 Å². The highest BCUT2D eigenvalue weighted by atomic mass is 32.2. The Balaban J connectivity index is 2.20. The summed E-state index contributed by atoms with van der Waals surface area (Å²) in [5.74, 6) is 0.878. The molecule has 3 nitrogen and oxygen atoms in total. The van der Waals surface area contributed by atoms with Gasteiger partial charge >= 0.3 is 0 Å². The van der Waals surface area contributed by atoms with Crippen molar-refractivity contribution in [3.8, 4) is 0 Å². The van der Waals surface area contributed by atoms with Gasteiger partial charge in [0.05, 0.1) is 6.04 Å². The second kappa shape index (κ2) is 8.14. The van der Waals surface area contributed by atoms with Crippen LogP contribution in [0.4, 0.5) is 0 Å². The first kappa shape index (κ1) is 14.1. The van der Waals surface area contributed by atoms with Crippen molar-refractivity contribution < 1.29 is 4.79 Å². The largest absolute Gasteiger partial charge is 0.354 e. The zero-order chi connectivity index (χ0) is 12.5. The van der Waals surface area contributed by atoms with Gasteiger partial charge in [0.1, 0.15) is 0 Å². The van der Waals surface area contributed by atoms with Gasteiger partial charge in [-0.3, -0.25) is 4.79 Å². The molecular formula is C13H20N2OS. The molecule has 1 rings (SSSR count). The zero-order valence-electron chi connectivity index (χ0n) is 10.2. The van der Waals surface area contributed by atoms with E-state index >= 15 is 0 Å². The van der Waals surface area contributed by atoms with E-state index in [0.29, 0.717) is 6.54 Å². The van der Waals surface area contributed by atoms with E-state index < -0.39 is 0 Å². The van der Waals surface area contributed by atoms with Crippen molar-refractivity contribution in [1.82, 2.24) is 5.32 Å². The fraction of sp³-hybridized carbons (Fsp3) is 0.462. The lowest BCUT2D eigenvalue weighted by Crippen LogP contribution is -2.41. The number of carbonyl (C=O) groups excluding carboxylic acids is 1. The standard InChI is InChI=1S/C13H20N2OS/c1-17-10-8-12(14)13(16)15-9-7-11-5-3-2-4-6-11/h2-6,12H,7-10,14H2,1H3,(H,15,16). The van der Waals surface area contributed by atoms with Crippen molar-refractivity contribution in [2.75, 3.05) is 18.6 Å². The number of hydrogen-bond acceptors (Lipinski definition) is 3. The van der Waals surface area contributed by atoms with Crippen molar-refractivity contribution in [2.45, 2.75) is 18.9 Å². The Morgan fingerprint density at radius 1 is 1.41 bits per heavy atom. The third-order valence-electron chi connectivity index (χ3n) is 2.53. The smallest absolute Gasteiger partial charge is 0.236 e. The molecule has 0 heterocycles. The van der Waals surface area contributed by atoms with Crippen LogP contribution in [0.15, 0.2) is 30.3 Å². The molecule has 1 atom stereocenters. The number of carbonyl (C=O) groups is 1. The Kier molecular flexibility index (Phi) is 6.74. The molecule has 0 aliphatic heterocycles. The van der Waals surface area contributed by atoms with Gasteiger partial charge in [-0.1, -0.05) is 30.3 Å². The van der Waals surface area contributed by atoms with E-state index in [2.05, 4.69) is 17.4 Å². The maximum absolute atomic E-state index is 11.6. The van der Waals surface area contributed by atoms with Gasteiger partial charge in [-0.25, -0.2) is 0 Å². The summed E-state index contributed by atoms with van der Waals surface area (Å²) < 4.78 is 0. The Hall–Kier alpha value is -1.00. The summed E-state index contributed by atoms with van der Waals surface area (Å²) in [6, 6.07) is 9.72. The van der Waals surface area contributed by atoms with E-state index in [-0.39, 0.29) is 11.9 Å². The predicted octanol–water partition coefficient (Wildman–Crippen LogP) is 1.43. The Bertz CT molecular complexity index is 329. The van der Waals surface area contributed by atoms with E-state index in [1.54, 1.807) is 11.8 Å². The maximum Gasteiger partial charge on any atom is 0.236 e. The second-order valence-corrected chi connectivity index (χ2v) is 4.90. The van der Waals surface area contributed by atoms with Crippen LogP contribution < -0.4 is 11.1 Å². The molecule has 0 saturated heterocycles. The number of amides is 1. The molecule has 0 radical (unpaired) electrons. The summed E-state index contributed by atoms with van der Waals surface area (Å²) in [6.45, 7) is 0.649. The van der Waals surface area contributed by atoms with Crippen LogP contribution in [0.25, 0.3) is 0 Å². The van der Waals surface area contributed by atoms with E-state index in [9.17, 15) is 4.79 Å². The summed E-state index contributed by atoms with van der Waals surface area (Å²) in [5, 5.41) is 2.87. The number of thioether (sulfide) groups is 1. The fourth-order valence-electron chi connectivity index (χ4n) is 1.48. The summed E-state index contributed by atoms with van der Waals surface area (Å²) in [7, 11) is 0. The Morgan fingerprint density at radius 3 is 2.76 bits per heavy atom. The molecule has 1 aromatic carbocycles. The minimum Gasteiger partial charge on any atom is -0.354 e. The summed E-state index contributed by atoms with van der Waals surface area (Å²) >= 11 is 1.71. The van der Waals surface area contributed by atoms with Gasteiger partial charge in [0.15, 0.2) is 0 Å². The quantitative estimate of drug-likeness (QED) is 0.772. The van der Waals surface area contributed by atoms with Crippen LogP contribution in [-0.2, 0) is 11.2 Å². The first-order valence-electron chi connectivity index (χ1n) is 5.80. The molecule has 0 fully saturated rings. The van der Waals surface area contributed by atoms with Crippen molar-refractivity contribution in [1.29, 1.82) is 0 Å². The SMILES string of the molecule is CSCCC(N)C(=O)NCCc1ccccc1. The van der Waals surface area contributed by atoms with Crippen LogP contribution in [0, 0.1) is 0 Å². The number of rotatable bonds is 7. The van der Waals surface area contributed by atoms with Gasteiger partial charge in [-0.05, 0) is 30.4 Å². The number of benzene rings is 1. The molecule has 1 unspecified atom stereocenters. The van der Waals surface area contributed by atoms with Crippen LogP contribution in [0.2, 0.25) is 0 Å². The Morgan fingerprint density at radius 2 is 2.12 bits per heavy atom. The molecular weight excluding hydrogens is 232 g/mol. The highest BCUT2D eigenvalue weighted by Gasteiger charge is 2.11. The topological polar surface area (TPSA) is 55.1 Å². The summed E-state index contributed by atoms with van der Waals surface area (Å²) in [4.78, 5) is 11.6. The molecule has 17 heavy (non-hydrogen) atoms. The van der Waals surface area contributed by atoms with Gasteiger partial charge in [-0.15, -0.1) is 0 Å². The average molecular weight is 252 g/mol. The van der Waals surface area contributed by atoms with Gasteiger partial charge < -0.3 is 11.1 Å². The first-order valence-corrected chi connectivity index (χ1v) is 7.19. The lowest BCUT2D eigenvalue weighted by molar-refractivity contribution is -0.122. The van der Waals surface area contributed by atoms with Crippen LogP contribution in [0.1, 0.15) is 12.0 Å². The zero-order valence-corrected chi connectivity index (χ0v) is 11.0. The minimum atomic E-state index is -0.377. The van der Waals surface area contributed by atoms with E-state index in [4.69, 9.17) is 5.73 Å². The fourth-order valence-corrected chi connectivity index (χ4v) is 1.97. The summed E-state index contributed by atoms with van der Waals surface area (Å²) in [5.41, 5.74) is 6.98. The van der Waals surface area contributed by atoms with Gasteiger partial charge in [-0.2, -0.15) is 11.8 Å². The van der Waals surface area contributed by atoms with Crippen molar-refractivity contribution in [3.63, 3.8) is 0 Å². The normalized spacial score (nSPS) is 12.1. The van der Waals surface area contributed by atoms with Crippen LogP contribution >= 0.6 is 11.8 Å². The van der Waals surface area contributed by atoms with Crippen LogP contribution in [0.3, 0.4) is 0 Å². The Labute approximate surface area is 107 Å². The molecule has 1 aromatic rings. The van der Waals surface area contributed by atoms with Crippen LogP contribution in [-0.4, -0.2) is 30.5 Å². The van der Waals surface area contributed by atoms with Gasteiger partial charge in [0.2, 0.25) is 5.91 Å². The average Bonchev–Trinajstić information content (AvgIpc) is 2.37. The van der Waals surface area contributed by atoms with Gasteiger partial charge in [0, 0.05) is 6.54 Å². The second-order valence-electron chi connectivity index (χ2n) is 3.91. The molecule has 94 valence electrons. The maximum atomic E-state index is 11.6.